The first-order valence-corrected chi connectivity index (χ1v) is 12.2. The minimum atomic E-state index is -0.357. The molecule has 9 heteroatoms. The van der Waals surface area contributed by atoms with Gasteiger partial charge in [-0.25, -0.2) is 4.98 Å². The van der Waals surface area contributed by atoms with Gasteiger partial charge in [0, 0.05) is 28.6 Å². The van der Waals surface area contributed by atoms with Crippen LogP contribution in [-0.4, -0.2) is 46.7 Å². The SMILES string of the molecule is CC(C)N(CC(=O)Nc1nc(CC(=O)NCCc2ccccc2)cs1)C(=O)c1ccc(Cl)cc1. The molecule has 0 atom stereocenters. The van der Waals surface area contributed by atoms with E-state index in [-0.39, 0.29) is 36.7 Å². The molecule has 0 aliphatic heterocycles. The van der Waals surface area contributed by atoms with Crippen LogP contribution in [0.4, 0.5) is 5.13 Å². The van der Waals surface area contributed by atoms with E-state index in [0.29, 0.717) is 28.0 Å². The number of nitrogens with zero attached hydrogens (tertiary/aromatic N) is 2. The lowest BCUT2D eigenvalue weighted by Crippen LogP contribution is -2.42. The van der Waals surface area contributed by atoms with Crippen molar-refractivity contribution in [3.8, 4) is 0 Å². The number of anilines is 1. The minimum absolute atomic E-state index is 0.117. The molecule has 0 bridgehead atoms. The van der Waals surface area contributed by atoms with Crippen LogP contribution in [0.5, 0.6) is 0 Å². The van der Waals surface area contributed by atoms with Crippen LogP contribution < -0.4 is 10.6 Å². The van der Waals surface area contributed by atoms with Gasteiger partial charge in [-0.3, -0.25) is 14.4 Å². The van der Waals surface area contributed by atoms with Crippen LogP contribution in [-0.2, 0) is 22.4 Å². The maximum atomic E-state index is 12.8. The monoisotopic (exact) mass is 498 g/mol. The van der Waals surface area contributed by atoms with E-state index in [1.807, 2.05) is 44.2 Å². The number of nitrogens with one attached hydrogen (secondary N) is 2. The van der Waals surface area contributed by atoms with Crippen LogP contribution in [0.25, 0.3) is 0 Å². The summed E-state index contributed by atoms with van der Waals surface area (Å²) in [5, 5.41) is 8.28. The lowest BCUT2D eigenvalue weighted by molar-refractivity contribution is -0.120. The molecule has 7 nitrogen and oxygen atoms in total. The van der Waals surface area contributed by atoms with Crippen molar-refractivity contribution < 1.29 is 14.4 Å². The highest BCUT2D eigenvalue weighted by Crippen LogP contribution is 2.17. The second kappa shape index (κ2) is 12.3. The number of hydrogen-bond donors (Lipinski definition) is 2. The van der Waals surface area contributed by atoms with Crippen molar-refractivity contribution in [2.24, 2.45) is 0 Å². The molecular formula is C25H27ClN4O3S. The maximum absolute atomic E-state index is 12.8. The van der Waals surface area contributed by atoms with E-state index in [0.717, 1.165) is 12.0 Å². The number of aromatic nitrogens is 1. The first kappa shape index (κ1) is 25.4. The van der Waals surface area contributed by atoms with Gasteiger partial charge in [-0.05, 0) is 50.1 Å². The quantitative estimate of drug-likeness (QED) is 0.438. The Morgan fingerprint density at radius 2 is 1.74 bits per heavy atom. The van der Waals surface area contributed by atoms with E-state index < -0.39 is 0 Å². The van der Waals surface area contributed by atoms with E-state index in [1.54, 1.807) is 29.6 Å². The van der Waals surface area contributed by atoms with Crippen LogP contribution >= 0.6 is 22.9 Å². The van der Waals surface area contributed by atoms with Crippen LogP contribution in [0.2, 0.25) is 5.02 Å². The van der Waals surface area contributed by atoms with Crippen molar-refractivity contribution in [3.63, 3.8) is 0 Å². The molecule has 2 aromatic carbocycles. The molecule has 0 saturated carbocycles. The van der Waals surface area contributed by atoms with Crippen molar-refractivity contribution in [2.75, 3.05) is 18.4 Å². The molecular weight excluding hydrogens is 472 g/mol. The molecule has 0 fully saturated rings. The molecule has 34 heavy (non-hydrogen) atoms. The molecule has 0 aliphatic rings. The molecule has 178 valence electrons. The molecule has 0 radical (unpaired) electrons. The summed E-state index contributed by atoms with van der Waals surface area (Å²) in [7, 11) is 0. The first-order chi connectivity index (χ1) is 16.3. The predicted molar refractivity (Wildman–Crippen MR) is 135 cm³/mol. The molecule has 0 unspecified atom stereocenters. The highest BCUT2D eigenvalue weighted by molar-refractivity contribution is 7.13. The van der Waals surface area contributed by atoms with E-state index in [4.69, 9.17) is 11.6 Å². The Bertz CT molecular complexity index is 1120. The van der Waals surface area contributed by atoms with Gasteiger partial charge in [-0.1, -0.05) is 41.9 Å². The van der Waals surface area contributed by atoms with E-state index in [9.17, 15) is 14.4 Å². The van der Waals surface area contributed by atoms with Gasteiger partial charge in [-0.15, -0.1) is 11.3 Å². The molecule has 0 aliphatic carbocycles. The van der Waals surface area contributed by atoms with Gasteiger partial charge in [0.05, 0.1) is 12.1 Å². The maximum Gasteiger partial charge on any atom is 0.254 e. The summed E-state index contributed by atoms with van der Waals surface area (Å²) >= 11 is 7.14. The van der Waals surface area contributed by atoms with Gasteiger partial charge in [0.15, 0.2) is 5.13 Å². The van der Waals surface area contributed by atoms with Crippen molar-refractivity contribution in [2.45, 2.75) is 32.7 Å². The molecule has 1 heterocycles. The van der Waals surface area contributed by atoms with Crippen LogP contribution in [0, 0.1) is 0 Å². The molecule has 0 saturated heterocycles. The number of benzene rings is 2. The molecule has 2 N–H and O–H groups in total. The third-order valence-corrected chi connectivity index (χ3v) is 6.07. The Balaban J connectivity index is 1.49. The lowest BCUT2D eigenvalue weighted by Gasteiger charge is -2.26. The zero-order valence-corrected chi connectivity index (χ0v) is 20.7. The first-order valence-electron chi connectivity index (χ1n) is 10.9. The van der Waals surface area contributed by atoms with Gasteiger partial charge < -0.3 is 15.5 Å². The second-order valence-electron chi connectivity index (χ2n) is 7.99. The number of carbonyl (C=O) groups is 3. The zero-order valence-electron chi connectivity index (χ0n) is 19.1. The second-order valence-corrected chi connectivity index (χ2v) is 9.28. The fourth-order valence-electron chi connectivity index (χ4n) is 3.22. The van der Waals surface area contributed by atoms with E-state index in [2.05, 4.69) is 15.6 Å². The third-order valence-electron chi connectivity index (χ3n) is 5.01. The number of hydrogen-bond acceptors (Lipinski definition) is 5. The summed E-state index contributed by atoms with van der Waals surface area (Å²) < 4.78 is 0. The van der Waals surface area contributed by atoms with Crippen molar-refractivity contribution >= 4 is 45.8 Å². The zero-order chi connectivity index (χ0) is 24.5. The molecule has 0 spiro atoms. The number of halogens is 1. The highest BCUT2D eigenvalue weighted by Gasteiger charge is 2.22. The largest absolute Gasteiger partial charge is 0.355 e. The van der Waals surface area contributed by atoms with Crippen molar-refractivity contribution in [3.05, 3.63) is 81.8 Å². The highest BCUT2D eigenvalue weighted by atomic mass is 35.5. The normalized spacial score (nSPS) is 10.7. The fourth-order valence-corrected chi connectivity index (χ4v) is 4.08. The number of carbonyl (C=O) groups excluding carboxylic acids is 3. The smallest absolute Gasteiger partial charge is 0.254 e. The van der Waals surface area contributed by atoms with Crippen LogP contribution in [0.1, 0.15) is 35.5 Å². The summed E-state index contributed by atoms with van der Waals surface area (Å²) in [5.41, 5.74) is 2.20. The van der Waals surface area contributed by atoms with Gasteiger partial charge in [0.1, 0.15) is 6.54 Å². The summed E-state index contributed by atoms with van der Waals surface area (Å²) in [5.74, 6) is -0.739. The molecule has 3 rings (SSSR count). The lowest BCUT2D eigenvalue weighted by atomic mass is 10.1. The van der Waals surface area contributed by atoms with Gasteiger partial charge >= 0.3 is 0 Å². The van der Waals surface area contributed by atoms with Gasteiger partial charge in [0.25, 0.3) is 5.91 Å². The predicted octanol–water partition coefficient (Wildman–Crippen LogP) is 4.19. The number of thiazole rings is 1. The Morgan fingerprint density at radius 3 is 2.41 bits per heavy atom. The van der Waals surface area contributed by atoms with Crippen molar-refractivity contribution in [1.29, 1.82) is 0 Å². The van der Waals surface area contributed by atoms with Crippen LogP contribution in [0.3, 0.4) is 0 Å². The minimum Gasteiger partial charge on any atom is -0.355 e. The topological polar surface area (TPSA) is 91.4 Å². The van der Waals surface area contributed by atoms with E-state index >= 15 is 0 Å². The Morgan fingerprint density at radius 1 is 1.03 bits per heavy atom. The molecule has 3 aromatic rings. The fraction of sp³-hybridized carbons (Fsp3) is 0.280. The molecule has 3 amide bonds. The number of rotatable bonds is 10. The Labute approximate surface area is 208 Å². The van der Waals surface area contributed by atoms with Gasteiger partial charge in [0.2, 0.25) is 11.8 Å². The average molecular weight is 499 g/mol. The summed E-state index contributed by atoms with van der Waals surface area (Å²) in [6, 6.07) is 16.3. The summed E-state index contributed by atoms with van der Waals surface area (Å²) in [6.07, 6.45) is 0.889. The Hall–Kier alpha value is -3.23. The average Bonchev–Trinajstić information content (AvgIpc) is 3.24. The molecule has 1 aromatic heterocycles. The Kier molecular flexibility index (Phi) is 9.18. The third kappa shape index (κ3) is 7.67. The van der Waals surface area contributed by atoms with E-state index in [1.165, 1.54) is 16.2 Å². The summed E-state index contributed by atoms with van der Waals surface area (Å²) in [4.78, 5) is 43.4. The van der Waals surface area contributed by atoms with Crippen molar-refractivity contribution in [1.82, 2.24) is 15.2 Å². The van der Waals surface area contributed by atoms with Gasteiger partial charge in [-0.2, -0.15) is 0 Å². The van der Waals surface area contributed by atoms with Crippen LogP contribution in [0.15, 0.2) is 60.0 Å². The standard InChI is InChI=1S/C25H27ClN4O3S/c1-17(2)30(24(33)19-8-10-20(26)11-9-19)15-23(32)29-25-28-21(16-34-25)14-22(31)27-13-12-18-6-4-3-5-7-18/h3-11,16-17H,12-15H2,1-2H3,(H,27,31)(H,28,29,32). The number of amides is 3. The summed E-state index contributed by atoms with van der Waals surface area (Å²) in [6.45, 7) is 4.12.